The van der Waals surface area contributed by atoms with Crippen LogP contribution in [0, 0.1) is 13.8 Å². The fourth-order valence-electron chi connectivity index (χ4n) is 1.49. The number of hydrogen-bond donors (Lipinski definition) is 2. The normalized spacial score (nSPS) is 10.2. The molecule has 0 aliphatic carbocycles. The smallest absolute Gasteiger partial charge is 0.255 e. The van der Waals surface area contributed by atoms with Gasteiger partial charge in [-0.25, -0.2) is 0 Å². The van der Waals surface area contributed by atoms with Gasteiger partial charge in [0.1, 0.15) is 0 Å². The molecule has 0 unspecified atom stereocenters. The second kappa shape index (κ2) is 5.07. The molecule has 1 amide bonds. The van der Waals surface area contributed by atoms with Crippen LogP contribution in [0.1, 0.15) is 28.2 Å². The SMILES string of the molecule is Cc1nn(C)c(C)c1C(=O)NCCC(N)=S. The summed E-state index contributed by atoms with van der Waals surface area (Å²) in [6, 6.07) is 0. The molecule has 0 aromatic carbocycles. The van der Waals surface area contributed by atoms with Gasteiger partial charge in [0, 0.05) is 25.7 Å². The highest BCUT2D eigenvalue weighted by Crippen LogP contribution is 2.11. The first-order valence-electron chi connectivity index (χ1n) is 5.00. The maximum absolute atomic E-state index is 11.8. The first-order valence-corrected chi connectivity index (χ1v) is 5.41. The first-order chi connectivity index (χ1) is 7.43. The molecule has 1 rings (SSSR count). The van der Waals surface area contributed by atoms with E-state index in [-0.39, 0.29) is 5.91 Å². The second-order valence-corrected chi connectivity index (χ2v) is 4.17. The van der Waals surface area contributed by atoms with Crippen LogP contribution >= 0.6 is 12.2 Å². The van der Waals surface area contributed by atoms with E-state index in [0.29, 0.717) is 23.5 Å². The van der Waals surface area contributed by atoms with Crippen LogP contribution in [0.4, 0.5) is 0 Å². The van der Waals surface area contributed by atoms with Gasteiger partial charge in [-0.15, -0.1) is 0 Å². The molecule has 3 N–H and O–H groups in total. The van der Waals surface area contributed by atoms with Crippen molar-refractivity contribution in [1.29, 1.82) is 0 Å². The van der Waals surface area contributed by atoms with Gasteiger partial charge in [-0.05, 0) is 13.8 Å². The highest BCUT2D eigenvalue weighted by Gasteiger charge is 2.16. The lowest BCUT2D eigenvalue weighted by Crippen LogP contribution is -2.28. The first kappa shape index (κ1) is 12.6. The van der Waals surface area contributed by atoms with Crippen molar-refractivity contribution in [3.05, 3.63) is 17.0 Å². The van der Waals surface area contributed by atoms with Crippen LogP contribution in [0.25, 0.3) is 0 Å². The number of rotatable bonds is 4. The lowest BCUT2D eigenvalue weighted by atomic mass is 10.2. The summed E-state index contributed by atoms with van der Waals surface area (Å²) < 4.78 is 1.69. The summed E-state index contributed by atoms with van der Waals surface area (Å²) in [7, 11) is 1.81. The van der Waals surface area contributed by atoms with Crippen LogP contribution in [0.2, 0.25) is 0 Å². The summed E-state index contributed by atoms with van der Waals surface area (Å²) in [6.07, 6.45) is 0.513. The fraction of sp³-hybridized carbons (Fsp3) is 0.500. The Morgan fingerprint density at radius 2 is 2.19 bits per heavy atom. The molecule has 0 fully saturated rings. The zero-order valence-electron chi connectivity index (χ0n) is 9.70. The largest absolute Gasteiger partial charge is 0.393 e. The third-order valence-electron chi connectivity index (χ3n) is 2.39. The van der Waals surface area contributed by atoms with Crippen LogP contribution < -0.4 is 11.1 Å². The summed E-state index contributed by atoms with van der Waals surface area (Å²) in [5, 5.41) is 6.95. The summed E-state index contributed by atoms with van der Waals surface area (Å²) >= 11 is 4.73. The lowest BCUT2D eigenvalue weighted by molar-refractivity contribution is 0.0953. The number of amides is 1. The van der Waals surface area contributed by atoms with Gasteiger partial charge < -0.3 is 11.1 Å². The molecule has 0 saturated heterocycles. The van der Waals surface area contributed by atoms with E-state index in [9.17, 15) is 4.79 Å². The molecule has 1 heterocycles. The third kappa shape index (κ3) is 2.79. The highest BCUT2D eigenvalue weighted by molar-refractivity contribution is 7.80. The van der Waals surface area contributed by atoms with Crippen molar-refractivity contribution in [3.63, 3.8) is 0 Å². The van der Waals surface area contributed by atoms with Crippen LogP contribution in [0.15, 0.2) is 0 Å². The van der Waals surface area contributed by atoms with Crippen molar-refractivity contribution in [2.75, 3.05) is 6.54 Å². The van der Waals surface area contributed by atoms with Crippen molar-refractivity contribution in [3.8, 4) is 0 Å². The van der Waals surface area contributed by atoms with Crippen LogP contribution in [-0.4, -0.2) is 27.2 Å². The molecule has 0 atom stereocenters. The van der Waals surface area contributed by atoms with Crippen molar-refractivity contribution in [2.24, 2.45) is 12.8 Å². The van der Waals surface area contributed by atoms with Crippen LogP contribution in [-0.2, 0) is 7.05 Å². The van der Waals surface area contributed by atoms with Gasteiger partial charge in [-0.2, -0.15) is 5.10 Å². The Hall–Kier alpha value is -1.43. The number of aromatic nitrogens is 2. The van der Waals surface area contributed by atoms with Gasteiger partial charge >= 0.3 is 0 Å². The summed E-state index contributed by atoms with van der Waals surface area (Å²) in [6.45, 7) is 4.14. The zero-order valence-corrected chi connectivity index (χ0v) is 10.5. The maximum Gasteiger partial charge on any atom is 0.255 e. The van der Waals surface area contributed by atoms with E-state index in [4.69, 9.17) is 18.0 Å². The lowest BCUT2D eigenvalue weighted by Gasteiger charge is -2.04. The number of thiocarbonyl (C=S) groups is 1. The van der Waals surface area contributed by atoms with Crippen molar-refractivity contribution in [2.45, 2.75) is 20.3 Å². The summed E-state index contributed by atoms with van der Waals surface area (Å²) in [5.74, 6) is -0.126. The third-order valence-corrected chi connectivity index (χ3v) is 2.60. The Balaban J connectivity index is 2.70. The number of nitrogens with one attached hydrogen (secondary N) is 1. The quantitative estimate of drug-likeness (QED) is 0.749. The highest BCUT2D eigenvalue weighted by atomic mass is 32.1. The summed E-state index contributed by atoms with van der Waals surface area (Å²) in [4.78, 5) is 12.2. The van der Waals surface area contributed by atoms with Crippen LogP contribution in [0.5, 0.6) is 0 Å². The molecule has 0 aliphatic rings. The van der Waals surface area contributed by atoms with E-state index >= 15 is 0 Å². The number of nitrogens with two attached hydrogens (primary N) is 1. The Labute approximate surface area is 100 Å². The van der Waals surface area contributed by atoms with E-state index in [1.807, 2.05) is 20.9 Å². The minimum atomic E-state index is -0.126. The van der Waals surface area contributed by atoms with Crippen molar-refractivity contribution >= 4 is 23.1 Å². The van der Waals surface area contributed by atoms with Gasteiger partial charge in [0.25, 0.3) is 5.91 Å². The molecule has 0 bridgehead atoms. The Morgan fingerprint density at radius 3 is 2.62 bits per heavy atom. The maximum atomic E-state index is 11.8. The Bertz CT molecular complexity index is 425. The monoisotopic (exact) mass is 240 g/mol. The molecule has 0 spiro atoms. The predicted octanol–water partition coefficient (Wildman–Crippen LogP) is 0.443. The molecule has 5 nitrogen and oxygen atoms in total. The molecule has 16 heavy (non-hydrogen) atoms. The molecule has 6 heteroatoms. The molecule has 1 aromatic rings. The second-order valence-electron chi connectivity index (χ2n) is 3.64. The van der Waals surface area contributed by atoms with Gasteiger partial charge in [-0.3, -0.25) is 9.48 Å². The minimum Gasteiger partial charge on any atom is -0.393 e. The van der Waals surface area contributed by atoms with E-state index in [1.165, 1.54) is 0 Å². The van der Waals surface area contributed by atoms with E-state index in [2.05, 4.69) is 10.4 Å². The topological polar surface area (TPSA) is 72.9 Å². The zero-order chi connectivity index (χ0) is 12.3. The van der Waals surface area contributed by atoms with Crippen molar-refractivity contribution in [1.82, 2.24) is 15.1 Å². The van der Waals surface area contributed by atoms with E-state index in [0.717, 1.165) is 11.4 Å². The predicted molar refractivity (Wildman–Crippen MR) is 66.4 cm³/mol. The fourth-order valence-corrected chi connectivity index (χ4v) is 1.59. The standard InChI is InChI=1S/C10H16N4OS/c1-6-9(7(2)14(3)13-6)10(15)12-5-4-8(11)16/h4-5H2,1-3H3,(H2,11,16)(H,12,15). The summed E-state index contributed by atoms with van der Waals surface area (Å²) in [5.41, 5.74) is 7.56. The van der Waals surface area contributed by atoms with Gasteiger partial charge in [-0.1, -0.05) is 12.2 Å². The molecular formula is C10H16N4OS. The molecule has 0 saturated carbocycles. The van der Waals surface area contributed by atoms with Crippen molar-refractivity contribution < 1.29 is 4.79 Å². The van der Waals surface area contributed by atoms with E-state index < -0.39 is 0 Å². The average Bonchev–Trinajstić information content (AvgIpc) is 2.40. The van der Waals surface area contributed by atoms with Gasteiger partial charge in [0.2, 0.25) is 0 Å². The van der Waals surface area contributed by atoms with Gasteiger partial charge in [0.15, 0.2) is 0 Å². The number of nitrogens with zero attached hydrogens (tertiary/aromatic N) is 2. The molecule has 0 aliphatic heterocycles. The molecule has 0 radical (unpaired) electrons. The van der Waals surface area contributed by atoms with E-state index in [1.54, 1.807) is 4.68 Å². The Morgan fingerprint density at radius 1 is 1.56 bits per heavy atom. The number of aryl methyl sites for hydroxylation is 2. The minimum absolute atomic E-state index is 0.126. The molecule has 1 aromatic heterocycles. The number of carbonyl (C=O) groups is 1. The van der Waals surface area contributed by atoms with Crippen LogP contribution in [0.3, 0.4) is 0 Å². The average molecular weight is 240 g/mol. The Kier molecular flexibility index (Phi) is 4.00. The van der Waals surface area contributed by atoms with Gasteiger partial charge in [0.05, 0.1) is 16.2 Å². The molecule has 88 valence electrons. The number of carbonyl (C=O) groups excluding carboxylic acids is 1. The number of hydrogen-bond acceptors (Lipinski definition) is 3. The molecular weight excluding hydrogens is 224 g/mol.